The SMILES string of the molecule is COc1ccccc1CNC(=O)c1ccc(NCC(C)C)cn1. The molecule has 2 aromatic rings. The molecular formula is C18H23N3O2. The van der Waals surface area contributed by atoms with Crippen LogP contribution < -0.4 is 15.4 Å². The number of anilines is 1. The minimum atomic E-state index is -0.202. The first-order valence-corrected chi connectivity index (χ1v) is 7.70. The van der Waals surface area contributed by atoms with Gasteiger partial charge in [0, 0.05) is 18.7 Å². The Hall–Kier alpha value is -2.56. The highest BCUT2D eigenvalue weighted by molar-refractivity contribution is 5.92. The summed E-state index contributed by atoms with van der Waals surface area (Å²) < 4.78 is 5.27. The highest BCUT2D eigenvalue weighted by Crippen LogP contribution is 2.16. The van der Waals surface area contributed by atoms with E-state index in [1.807, 2.05) is 30.3 Å². The summed E-state index contributed by atoms with van der Waals surface area (Å²) in [5, 5.41) is 6.13. The van der Waals surface area contributed by atoms with Gasteiger partial charge in [0.25, 0.3) is 5.91 Å². The van der Waals surface area contributed by atoms with E-state index >= 15 is 0 Å². The fraction of sp³-hybridized carbons (Fsp3) is 0.333. The van der Waals surface area contributed by atoms with Crippen molar-refractivity contribution in [3.63, 3.8) is 0 Å². The quantitative estimate of drug-likeness (QED) is 0.824. The number of ether oxygens (including phenoxy) is 1. The predicted molar refractivity (Wildman–Crippen MR) is 91.7 cm³/mol. The number of benzene rings is 1. The largest absolute Gasteiger partial charge is 0.496 e. The van der Waals surface area contributed by atoms with Gasteiger partial charge in [-0.3, -0.25) is 4.79 Å². The zero-order valence-electron chi connectivity index (χ0n) is 13.8. The van der Waals surface area contributed by atoms with Crippen molar-refractivity contribution in [1.29, 1.82) is 0 Å². The number of rotatable bonds is 7. The fourth-order valence-electron chi connectivity index (χ4n) is 2.07. The highest BCUT2D eigenvalue weighted by Gasteiger charge is 2.08. The maximum absolute atomic E-state index is 12.2. The smallest absolute Gasteiger partial charge is 0.270 e. The van der Waals surface area contributed by atoms with Crippen LogP contribution >= 0.6 is 0 Å². The number of hydrogen-bond donors (Lipinski definition) is 2. The number of aromatic nitrogens is 1. The molecule has 0 fully saturated rings. The van der Waals surface area contributed by atoms with Crippen molar-refractivity contribution >= 4 is 11.6 Å². The Balaban J connectivity index is 1.93. The molecule has 1 aromatic heterocycles. The first kappa shape index (κ1) is 16.8. The second kappa shape index (κ2) is 8.17. The van der Waals surface area contributed by atoms with Crippen LogP contribution in [0.3, 0.4) is 0 Å². The van der Waals surface area contributed by atoms with Crippen LogP contribution in [0.25, 0.3) is 0 Å². The van der Waals surface area contributed by atoms with Crippen LogP contribution in [-0.2, 0) is 6.54 Å². The van der Waals surface area contributed by atoms with Crippen LogP contribution in [-0.4, -0.2) is 24.5 Å². The first-order valence-electron chi connectivity index (χ1n) is 7.70. The molecule has 0 unspecified atom stereocenters. The highest BCUT2D eigenvalue weighted by atomic mass is 16.5. The Morgan fingerprint density at radius 2 is 2.00 bits per heavy atom. The van der Waals surface area contributed by atoms with Crippen molar-refractivity contribution < 1.29 is 9.53 Å². The number of pyridine rings is 1. The van der Waals surface area contributed by atoms with E-state index < -0.39 is 0 Å². The molecule has 0 atom stereocenters. The fourth-order valence-corrected chi connectivity index (χ4v) is 2.07. The Morgan fingerprint density at radius 1 is 1.22 bits per heavy atom. The molecule has 0 aliphatic carbocycles. The van der Waals surface area contributed by atoms with Gasteiger partial charge in [0.05, 0.1) is 19.0 Å². The number of carbonyl (C=O) groups is 1. The molecule has 2 rings (SSSR count). The standard InChI is InChI=1S/C18H23N3O2/c1-13(2)10-19-15-8-9-16(20-12-15)18(22)21-11-14-6-4-5-7-17(14)23-3/h4-9,12-13,19H,10-11H2,1-3H3,(H,21,22). The van der Waals surface area contributed by atoms with Crippen molar-refractivity contribution in [2.24, 2.45) is 5.92 Å². The summed E-state index contributed by atoms with van der Waals surface area (Å²) in [6.45, 7) is 5.55. The van der Waals surface area contributed by atoms with E-state index in [1.165, 1.54) is 0 Å². The van der Waals surface area contributed by atoms with Gasteiger partial charge in [-0.05, 0) is 24.1 Å². The summed E-state index contributed by atoms with van der Waals surface area (Å²) in [6.07, 6.45) is 1.68. The van der Waals surface area contributed by atoms with Crippen molar-refractivity contribution in [3.05, 3.63) is 53.9 Å². The van der Waals surface area contributed by atoms with Crippen molar-refractivity contribution in [1.82, 2.24) is 10.3 Å². The van der Waals surface area contributed by atoms with Gasteiger partial charge in [0.1, 0.15) is 11.4 Å². The Morgan fingerprint density at radius 3 is 2.65 bits per heavy atom. The molecule has 2 N–H and O–H groups in total. The van der Waals surface area contributed by atoms with Crippen LogP contribution in [0, 0.1) is 5.92 Å². The van der Waals surface area contributed by atoms with Crippen molar-refractivity contribution in [2.75, 3.05) is 19.0 Å². The third-order valence-electron chi connectivity index (χ3n) is 3.34. The predicted octanol–water partition coefficient (Wildman–Crippen LogP) is 3.09. The number of methoxy groups -OCH3 is 1. The van der Waals surface area contributed by atoms with Gasteiger partial charge in [0.2, 0.25) is 0 Å². The molecule has 0 bridgehead atoms. The Bertz CT molecular complexity index is 639. The third-order valence-corrected chi connectivity index (χ3v) is 3.34. The molecule has 0 saturated heterocycles. The molecule has 5 heteroatoms. The summed E-state index contributed by atoms with van der Waals surface area (Å²) >= 11 is 0. The Labute approximate surface area is 137 Å². The van der Waals surface area contributed by atoms with Gasteiger partial charge in [0.15, 0.2) is 0 Å². The minimum absolute atomic E-state index is 0.202. The average molecular weight is 313 g/mol. The number of para-hydroxylation sites is 1. The van der Waals surface area contributed by atoms with Gasteiger partial charge in [-0.15, -0.1) is 0 Å². The van der Waals surface area contributed by atoms with E-state index in [-0.39, 0.29) is 5.91 Å². The number of nitrogens with one attached hydrogen (secondary N) is 2. The van der Waals surface area contributed by atoms with E-state index in [0.717, 1.165) is 23.5 Å². The lowest BCUT2D eigenvalue weighted by atomic mass is 10.2. The monoisotopic (exact) mass is 313 g/mol. The minimum Gasteiger partial charge on any atom is -0.496 e. The molecule has 1 heterocycles. The first-order chi connectivity index (χ1) is 11.1. The van der Waals surface area contributed by atoms with Gasteiger partial charge in [-0.25, -0.2) is 4.98 Å². The van der Waals surface area contributed by atoms with E-state index in [0.29, 0.717) is 18.2 Å². The van der Waals surface area contributed by atoms with Crippen molar-refractivity contribution in [2.45, 2.75) is 20.4 Å². The molecule has 1 amide bonds. The lowest BCUT2D eigenvalue weighted by Crippen LogP contribution is -2.24. The van der Waals surface area contributed by atoms with Gasteiger partial charge >= 0.3 is 0 Å². The molecule has 0 radical (unpaired) electrons. The molecular weight excluding hydrogens is 290 g/mol. The number of hydrogen-bond acceptors (Lipinski definition) is 4. The van der Waals surface area contributed by atoms with Crippen LogP contribution in [0.15, 0.2) is 42.6 Å². The molecule has 0 aliphatic heterocycles. The second-order valence-electron chi connectivity index (χ2n) is 5.70. The summed E-state index contributed by atoms with van der Waals surface area (Å²) in [5.41, 5.74) is 2.24. The van der Waals surface area contributed by atoms with Crippen LogP contribution in [0.5, 0.6) is 5.75 Å². The number of carbonyl (C=O) groups excluding carboxylic acids is 1. The lowest BCUT2D eigenvalue weighted by molar-refractivity contribution is 0.0945. The van der Waals surface area contributed by atoms with Crippen molar-refractivity contribution in [3.8, 4) is 5.75 Å². The van der Waals surface area contributed by atoms with E-state index in [4.69, 9.17) is 4.74 Å². The van der Waals surface area contributed by atoms with Gasteiger partial charge in [-0.1, -0.05) is 32.0 Å². The summed E-state index contributed by atoms with van der Waals surface area (Å²) in [6, 6.07) is 11.2. The zero-order chi connectivity index (χ0) is 16.7. The maximum Gasteiger partial charge on any atom is 0.270 e. The van der Waals surface area contributed by atoms with Crippen LogP contribution in [0.1, 0.15) is 29.9 Å². The maximum atomic E-state index is 12.2. The molecule has 5 nitrogen and oxygen atoms in total. The van der Waals surface area contributed by atoms with Crippen LogP contribution in [0.4, 0.5) is 5.69 Å². The number of nitrogens with zero attached hydrogens (tertiary/aromatic N) is 1. The third kappa shape index (κ3) is 4.98. The molecule has 122 valence electrons. The van der Waals surface area contributed by atoms with Gasteiger partial charge < -0.3 is 15.4 Å². The summed E-state index contributed by atoms with van der Waals surface area (Å²) in [7, 11) is 1.62. The average Bonchev–Trinajstić information content (AvgIpc) is 2.58. The molecule has 1 aromatic carbocycles. The molecule has 0 aliphatic rings. The Kier molecular flexibility index (Phi) is 5.97. The molecule has 23 heavy (non-hydrogen) atoms. The van der Waals surface area contributed by atoms with Gasteiger partial charge in [-0.2, -0.15) is 0 Å². The lowest BCUT2D eigenvalue weighted by Gasteiger charge is -2.10. The zero-order valence-corrected chi connectivity index (χ0v) is 13.8. The molecule has 0 spiro atoms. The van der Waals surface area contributed by atoms with Crippen LogP contribution in [0.2, 0.25) is 0 Å². The number of amides is 1. The summed E-state index contributed by atoms with van der Waals surface area (Å²) in [5.74, 6) is 1.11. The summed E-state index contributed by atoms with van der Waals surface area (Å²) in [4.78, 5) is 16.4. The van der Waals surface area contributed by atoms with E-state index in [2.05, 4.69) is 29.5 Å². The van der Waals surface area contributed by atoms with E-state index in [1.54, 1.807) is 19.4 Å². The van der Waals surface area contributed by atoms with E-state index in [9.17, 15) is 4.79 Å². The normalized spacial score (nSPS) is 10.4. The molecule has 0 saturated carbocycles. The second-order valence-corrected chi connectivity index (χ2v) is 5.70. The topological polar surface area (TPSA) is 63.2 Å².